The van der Waals surface area contributed by atoms with E-state index < -0.39 is 6.29 Å². The molecule has 19 heavy (non-hydrogen) atoms. The summed E-state index contributed by atoms with van der Waals surface area (Å²) in [5.41, 5.74) is 0. The van der Waals surface area contributed by atoms with Gasteiger partial charge in [0.1, 0.15) is 12.4 Å². The second kappa shape index (κ2) is 7.91. The first-order valence-electron chi connectivity index (χ1n) is 6.48. The predicted molar refractivity (Wildman–Crippen MR) is 68.0 cm³/mol. The van der Waals surface area contributed by atoms with Crippen LogP contribution >= 0.6 is 0 Å². The number of aryl methyl sites for hydroxylation is 1. The molecule has 1 heterocycles. The summed E-state index contributed by atoms with van der Waals surface area (Å²) in [5.74, 6) is -0.341. The SMILES string of the molecule is CCCOC(C)OC(C)OC(=O)Cn1cc[n+](C)c1. The third kappa shape index (κ3) is 6.35. The smallest absolute Gasteiger partial charge is 0.350 e. The van der Waals surface area contributed by atoms with E-state index in [1.165, 1.54) is 0 Å². The van der Waals surface area contributed by atoms with E-state index in [9.17, 15) is 4.79 Å². The maximum absolute atomic E-state index is 11.7. The van der Waals surface area contributed by atoms with Crippen molar-refractivity contribution in [3.63, 3.8) is 0 Å². The van der Waals surface area contributed by atoms with E-state index >= 15 is 0 Å². The molecule has 0 aliphatic carbocycles. The summed E-state index contributed by atoms with van der Waals surface area (Å²) in [6.07, 6.45) is 5.38. The van der Waals surface area contributed by atoms with E-state index in [0.717, 1.165) is 6.42 Å². The molecule has 0 aliphatic rings. The Morgan fingerprint density at radius 3 is 2.68 bits per heavy atom. The van der Waals surface area contributed by atoms with E-state index in [4.69, 9.17) is 14.2 Å². The fourth-order valence-corrected chi connectivity index (χ4v) is 1.59. The molecule has 0 N–H and O–H groups in total. The molecule has 1 aromatic heterocycles. The molecule has 0 fully saturated rings. The van der Waals surface area contributed by atoms with Gasteiger partial charge in [0.05, 0.1) is 7.05 Å². The van der Waals surface area contributed by atoms with Crippen molar-refractivity contribution in [2.45, 2.75) is 46.3 Å². The summed E-state index contributed by atoms with van der Waals surface area (Å²) in [6, 6.07) is 0. The summed E-state index contributed by atoms with van der Waals surface area (Å²) in [4.78, 5) is 11.7. The van der Waals surface area contributed by atoms with Crippen molar-refractivity contribution in [1.29, 1.82) is 0 Å². The van der Waals surface area contributed by atoms with Crippen LogP contribution < -0.4 is 4.57 Å². The number of rotatable bonds is 8. The van der Waals surface area contributed by atoms with Crippen LogP contribution in [0.1, 0.15) is 27.2 Å². The van der Waals surface area contributed by atoms with Crippen LogP contribution in [0.2, 0.25) is 0 Å². The van der Waals surface area contributed by atoms with Gasteiger partial charge >= 0.3 is 5.97 Å². The highest BCUT2D eigenvalue weighted by atomic mass is 16.8. The predicted octanol–water partition coefficient (Wildman–Crippen LogP) is 0.991. The lowest BCUT2D eigenvalue weighted by Crippen LogP contribution is -2.27. The number of aromatic nitrogens is 2. The zero-order valence-corrected chi connectivity index (χ0v) is 12.0. The van der Waals surface area contributed by atoms with Gasteiger partial charge in [-0.1, -0.05) is 6.92 Å². The highest BCUT2D eigenvalue weighted by Crippen LogP contribution is 2.03. The minimum atomic E-state index is -0.622. The Hall–Kier alpha value is -1.40. The van der Waals surface area contributed by atoms with Gasteiger partial charge in [-0.2, -0.15) is 0 Å². The molecule has 2 unspecified atom stereocenters. The largest absolute Gasteiger partial charge is 0.433 e. The van der Waals surface area contributed by atoms with Crippen LogP contribution in [0.3, 0.4) is 0 Å². The van der Waals surface area contributed by atoms with Crippen molar-refractivity contribution >= 4 is 5.97 Å². The molecule has 1 aromatic rings. The highest BCUT2D eigenvalue weighted by Gasteiger charge is 2.15. The number of hydrogen-bond acceptors (Lipinski definition) is 4. The van der Waals surface area contributed by atoms with Crippen LogP contribution in [0.15, 0.2) is 18.7 Å². The second-order valence-corrected chi connectivity index (χ2v) is 4.38. The van der Waals surface area contributed by atoms with Gasteiger partial charge in [-0.05, 0) is 20.3 Å². The van der Waals surface area contributed by atoms with Gasteiger partial charge in [0.25, 0.3) is 0 Å². The second-order valence-electron chi connectivity index (χ2n) is 4.38. The normalized spacial score (nSPS) is 14.1. The molecule has 1 rings (SSSR count). The first kappa shape index (κ1) is 15.7. The molecule has 0 aromatic carbocycles. The fraction of sp³-hybridized carbons (Fsp3) is 0.692. The molecule has 0 amide bonds. The van der Waals surface area contributed by atoms with Crippen LogP contribution in [0, 0.1) is 0 Å². The minimum absolute atomic E-state index is 0.165. The van der Waals surface area contributed by atoms with Crippen LogP contribution in [0.4, 0.5) is 0 Å². The molecule has 0 aliphatic heterocycles. The number of carbonyl (C=O) groups is 1. The molecular weight excluding hydrogens is 248 g/mol. The fourth-order valence-electron chi connectivity index (χ4n) is 1.59. The maximum atomic E-state index is 11.7. The molecular formula is C13H23N2O4+. The molecule has 0 spiro atoms. The average molecular weight is 271 g/mol. The molecule has 6 heteroatoms. The standard InChI is InChI=1S/C13H23N2O4/c1-5-8-17-11(2)18-12(3)19-13(16)9-15-7-6-14(4)10-15/h6-7,10-12H,5,8-9H2,1-4H3/q+1. The lowest BCUT2D eigenvalue weighted by atomic mass is 10.5. The zero-order valence-electron chi connectivity index (χ0n) is 12.0. The Bertz CT molecular complexity index is 392. The lowest BCUT2D eigenvalue weighted by Gasteiger charge is -2.19. The van der Waals surface area contributed by atoms with E-state index in [0.29, 0.717) is 6.61 Å². The quantitative estimate of drug-likeness (QED) is 0.402. The number of nitrogens with zero attached hydrogens (tertiary/aromatic N) is 2. The summed E-state index contributed by atoms with van der Waals surface area (Å²) < 4.78 is 19.5. The lowest BCUT2D eigenvalue weighted by molar-refractivity contribution is -0.671. The molecule has 0 radical (unpaired) electrons. The highest BCUT2D eigenvalue weighted by molar-refractivity contribution is 5.69. The Labute approximate surface area is 113 Å². The van der Waals surface area contributed by atoms with Gasteiger partial charge in [0, 0.05) is 6.61 Å². The van der Waals surface area contributed by atoms with Crippen molar-refractivity contribution < 1.29 is 23.6 Å². The number of ether oxygens (including phenoxy) is 3. The van der Waals surface area contributed by atoms with Crippen molar-refractivity contribution in [2.75, 3.05) is 6.61 Å². The molecule has 0 saturated heterocycles. The topological polar surface area (TPSA) is 53.6 Å². The van der Waals surface area contributed by atoms with Gasteiger partial charge in [-0.3, -0.25) is 0 Å². The third-order valence-electron chi connectivity index (χ3n) is 2.37. The number of carbonyl (C=O) groups excluding carboxylic acids is 1. The van der Waals surface area contributed by atoms with Crippen LogP contribution in [-0.2, 0) is 32.6 Å². The van der Waals surface area contributed by atoms with Gasteiger partial charge in [-0.15, -0.1) is 0 Å². The van der Waals surface area contributed by atoms with E-state index in [2.05, 4.69) is 0 Å². The van der Waals surface area contributed by atoms with Gasteiger partial charge in [0.2, 0.25) is 12.6 Å². The van der Waals surface area contributed by atoms with Crippen molar-refractivity contribution in [3.8, 4) is 0 Å². The van der Waals surface area contributed by atoms with Crippen LogP contribution in [0.5, 0.6) is 0 Å². The number of imidazole rings is 1. The molecule has 2 atom stereocenters. The summed E-state index contributed by atoms with van der Waals surface area (Å²) in [5, 5.41) is 0. The van der Waals surface area contributed by atoms with Crippen molar-refractivity contribution in [2.24, 2.45) is 7.05 Å². The van der Waals surface area contributed by atoms with Crippen molar-refractivity contribution in [3.05, 3.63) is 18.7 Å². The van der Waals surface area contributed by atoms with Gasteiger partial charge in [-0.25, -0.2) is 13.9 Å². The van der Waals surface area contributed by atoms with Crippen LogP contribution in [-0.4, -0.2) is 29.7 Å². The third-order valence-corrected chi connectivity index (χ3v) is 2.37. The Morgan fingerprint density at radius 2 is 2.11 bits per heavy atom. The summed E-state index contributed by atoms with van der Waals surface area (Å²) >= 11 is 0. The van der Waals surface area contributed by atoms with Gasteiger partial charge < -0.3 is 14.2 Å². The average Bonchev–Trinajstić information content (AvgIpc) is 2.71. The first-order chi connectivity index (χ1) is 9.01. The van der Waals surface area contributed by atoms with Gasteiger partial charge in [0.15, 0.2) is 12.8 Å². The molecule has 108 valence electrons. The number of esters is 1. The maximum Gasteiger partial charge on any atom is 0.350 e. The number of hydrogen-bond donors (Lipinski definition) is 0. The Balaban J connectivity index is 2.27. The Morgan fingerprint density at radius 1 is 1.37 bits per heavy atom. The summed E-state index contributed by atoms with van der Waals surface area (Å²) in [7, 11) is 1.89. The Kier molecular flexibility index (Phi) is 6.52. The van der Waals surface area contributed by atoms with Crippen molar-refractivity contribution in [1.82, 2.24) is 4.57 Å². The monoisotopic (exact) mass is 271 g/mol. The van der Waals surface area contributed by atoms with E-state index in [-0.39, 0.29) is 18.8 Å². The van der Waals surface area contributed by atoms with E-state index in [1.54, 1.807) is 30.9 Å². The minimum Gasteiger partial charge on any atom is -0.433 e. The summed E-state index contributed by atoms with van der Waals surface area (Å²) in [6.45, 7) is 6.28. The van der Waals surface area contributed by atoms with E-state index in [1.807, 2.05) is 24.7 Å². The van der Waals surface area contributed by atoms with Crippen LogP contribution in [0.25, 0.3) is 0 Å². The first-order valence-corrected chi connectivity index (χ1v) is 6.48. The zero-order chi connectivity index (χ0) is 14.3. The molecule has 0 saturated carbocycles. The molecule has 6 nitrogen and oxygen atoms in total. The molecule has 0 bridgehead atoms.